The van der Waals surface area contributed by atoms with E-state index in [0.717, 1.165) is 36.4 Å². The van der Waals surface area contributed by atoms with Crippen LogP contribution in [0.15, 0.2) is 18.2 Å². The number of ether oxygens (including phenoxy) is 2. The molecule has 3 unspecified atom stereocenters. The quantitative estimate of drug-likeness (QED) is 0.802. The third kappa shape index (κ3) is 4.20. The van der Waals surface area contributed by atoms with Crippen LogP contribution >= 0.6 is 0 Å². The van der Waals surface area contributed by atoms with Crippen molar-refractivity contribution in [1.29, 1.82) is 0 Å². The highest BCUT2D eigenvalue weighted by Crippen LogP contribution is 2.34. The van der Waals surface area contributed by atoms with Gasteiger partial charge in [-0.15, -0.1) is 0 Å². The Morgan fingerprint density at radius 3 is 2.76 bits per heavy atom. The Morgan fingerprint density at radius 2 is 2.05 bits per heavy atom. The van der Waals surface area contributed by atoms with Gasteiger partial charge in [0.05, 0.1) is 0 Å². The molecule has 1 heterocycles. The van der Waals surface area contributed by atoms with Crippen LogP contribution in [-0.4, -0.2) is 28.5 Å². The number of nitrogens with one attached hydrogen (secondary N) is 1. The predicted molar refractivity (Wildman–Crippen MR) is 86.4 cm³/mol. The van der Waals surface area contributed by atoms with Crippen molar-refractivity contribution in [2.24, 2.45) is 0 Å². The van der Waals surface area contributed by atoms with Crippen LogP contribution in [0, 0.1) is 0 Å². The Labute approximate surface area is 129 Å². The van der Waals surface area contributed by atoms with E-state index >= 15 is 0 Å². The van der Waals surface area contributed by atoms with Crippen LogP contribution in [0.3, 0.4) is 0 Å². The first-order valence-electron chi connectivity index (χ1n) is 7.65. The topological polar surface area (TPSA) is 47.6 Å². The highest BCUT2D eigenvalue weighted by atomic mass is 32.2. The van der Waals surface area contributed by atoms with Crippen molar-refractivity contribution in [3.05, 3.63) is 23.8 Å². The lowest BCUT2D eigenvalue weighted by molar-refractivity contribution is 0.174. The van der Waals surface area contributed by atoms with E-state index in [9.17, 15) is 4.21 Å². The highest BCUT2D eigenvalue weighted by molar-refractivity contribution is 7.85. The zero-order valence-corrected chi connectivity index (χ0v) is 13.9. The van der Waals surface area contributed by atoms with E-state index in [1.165, 1.54) is 0 Å². The molecule has 1 aromatic rings. The molecule has 1 aliphatic heterocycles. The number of hydrogen-bond donors (Lipinski definition) is 1. The summed E-state index contributed by atoms with van der Waals surface area (Å²) in [6, 6.07) is 6.07. The van der Waals surface area contributed by atoms with E-state index in [0.29, 0.717) is 5.75 Å². The highest BCUT2D eigenvalue weighted by Gasteiger charge is 2.21. The SMILES string of the molecule is CCCNC(CS(=O)C(C)CC)c1ccc2c(c1)OCO2. The summed E-state index contributed by atoms with van der Waals surface area (Å²) in [6.45, 7) is 7.46. The fourth-order valence-electron chi connectivity index (χ4n) is 2.24. The minimum Gasteiger partial charge on any atom is -0.454 e. The normalized spacial score (nSPS) is 17.5. The van der Waals surface area contributed by atoms with Gasteiger partial charge in [0, 0.05) is 27.8 Å². The van der Waals surface area contributed by atoms with Crippen LogP contribution in [0.4, 0.5) is 0 Å². The molecule has 0 amide bonds. The Bertz CT molecular complexity index is 492. The minimum absolute atomic E-state index is 0.0919. The Balaban J connectivity index is 2.13. The fraction of sp³-hybridized carbons (Fsp3) is 0.625. The van der Waals surface area contributed by atoms with Gasteiger partial charge in [-0.2, -0.15) is 0 Å². The molecule has 3 atom stereocenters. The second-order valence-electron chi connectivity index (χ2n) is 5.39. The third-order valence-corrected chi connectivity index (χ3v) is 5.69. The van der Waals surface area contributed by atoms with Crippen molar-refractivity contribution >= 4 is 10.8 Å². The molecule has 0 aliphatic carbocycles. The van der Waals surface area contributed by atoms with Crippen molar-refractivity contribution in [1.82, 2.24) is 5.32 Å². The molecule has 0 bridgehead atoms. The van der Waals surface area contributed by atoms with Gasteiger partial charge < -0.3 is 14.8 Å². The zero-order valence-electron chi connectivity index (χ0n) is 13.1. The van der Waals surface area contributed by atoms with E-state index in [-0.39, 0.29) is 18.1 Å². The predicted octanol–water partition coefficient (Wildman–Crippen LogP) is 3.00. The van der Waals surface area contributed by atoms with E-state index in [2.05, 4.69) is 19.2 Å². The Hall–Kier alpha value is -1.07. The average molecular weight is 311 g/mol. The van der Waals surface area contributed by atoms with Crippen LogP contribution < -0.4 is 14.8 Å². The lowest BCUT2D eigenvalue weighted by Gasteiger charge is -2.20. The molecule has 2 rings (SSSR count). The minimum atomic E-state index is -0.832. The maximum atomic E-state index is 12.4. The Kier molecular flexibility index (Phi) is 6.06. The van der Waals surface area contributed by atoms with Crippen LogP contribution in [-0.2, 0) is 10.8 Å². The van der Waals surface area contributed by atoms with Crippen LogP contribution in [0.2, 0.25) is 0 Å². The maximum absolute atomic E-state index is 12.4. The molecule has 1 aromatic carbocycles. The smallest absolute Gasteiger partial charge is 0.231 e. The van der Waals surface area contributed by atoms with Gasteiger partial charge in [0.15, 0.2) is 11.5 Å². The van der Waals surface area contributed by atoms with Crippen LogP contribution in [0.1, 0.15) is 45.2 Å². The average Bonchev–Trinajstić information content (AvgIpc) is 2.97. The van der Waals surface area contributed by atoms with E-state index in [1.54, 1.807) is 0 Å². The van der Waals surface area contributed by atoms with Gasteiger partial charge in [0.1, 0.15) is 0 Å². The summed E-state index contributed by atoms with van der Waals surface area (Å²) in [5, 5.41) is 3.72. The van der Waals surface area contributed by atoms with E-state index < -0.39 is 10.8 Å². The van der Waals surface area contributed by atoms with Crippen LogP contribution in [0.5, 0.6) is 11.5 Å². The van der Waals surface area contributed by atoms with Gasteiger partial charge in [-0.25, -0.2) is 0 Å². The monoisotopic (exact) mass is 311 g/mol. The van der Waals surface area contributed by atoms with Crippen molar-refractivity contribution < 1.29 is 13.7 Å². The summed E-state index contributed by atoms with van der Waals surface area (Å²) in [6.07, 6.45) is 1.99. The van der Waals surface area contributed by atoms with Crippen molar-refractivity contribution in [2.45, 2.75) is 44.9 Å². The van der Waals surface area contributed by atoms with Gasteiger partial charge in [0.25, 0.3) is 0 Å². The molecule has 0 saturated heterocycles. The van der Waals surface area contributed by atoms with Gasteiger partial charge >= 0.3 is 0 Å². The fourth-order valence-corrected chi connectivity index (χ4v) is 3.58. The molecule has 21 heavy (non-hydrogen) atoms. The molecule has 0 saturated carbocycles. The number of benzene rings is 1. The molecule has 0 aromatic heterocycles. The van der Waals surface area contributed by atoms with Crippen molar-refractivity contribution in [2.75, 3.05) is 19.1 Å². The van der Waals surface area contributed by atoms with Gasteiger partial charge in [-0.05, 0) is 37.1 Å². The molecule has 1 N–H and O–H groups in total. The molecule has 1 aliphatic rings. The molecule has 0 fully saturated rings. The first-order valence-corrected chi connectivity index (χ1v) is 9.04. The van der Waals surface area contributed by atoms with Gasteiger partial charge in [-0.3, -0.25) is 4.21 Å². The lowest BCUT2D eigenvalue weighted by Crippen LogP contribution is -2.29. The summed E-state index contributed by atoms with van der Waals surface area (Å²) >= 11 is 0. The van der Waals surface area contributed by atoms with Crippen molar-refractivity contribution in [3.63, 3.8) is 0 Å². The standard InChI is InChI=1S/C16H25NO3S/c1-4-8-17-14(10-21(18)12(3)5-2)13-6-7-15-16(9-13)20-11-19-15/h6-7,9,12,14,17H,4-5,8,10-11H2,1-3H3. The summed E-state index contributed by atoms with van der Waals surface area (Å²) in [5.74, 6) is 2.20. The number of hydrogen-bond acceptors (Lipinski definition) is 4. The largest absolute Gasteiger partial charge is 0.454 e. The zero-order chi connectivity index (χ0) is 15.2. The molecule has 0 radical (unpaired) electrons. The Morgan fingerprint density at radius 1 is 1.29 bits per heavy atom. The molecule has 118 valence electrons. The number of rotatable bonds is 8. The van der Waals surface area contributed by atoms with Gasteiger partial charge in [-0.1, -0.05) is 26.8 Å². The molecular weight excluding hydrogens is 286 g/mol. The molecule has 5 heteroatoms. The van der Waals surface area contributed by atoms with Crippen LogP contribution in [0.25, 0.3) is 0 Å². The number of fused-ring (bicyclic) bond motifs is 1. The second kappa shape index (κ2) is 7.80. The van der Waals surface area contributed by atoms with E-state index in [4.69, 9.17) is 9.47 Å². The first kappa shape index (κ1) is 16.3. The lowest BCUT2D eigenvalue weighted by atomic mass is 10.1. The summed E-state index contributed by atoms with van der Waals surface area (Å²) < 4.78 is 23.2. The summed E-state index contributed by atoms with van der Waals surface area (Å²) in [4.78, 5) is 0. The molecule has 0 spiro atoms. The van der Waals surface area contributed by atoms with Gasteiger partial charge in [0.2, 0.25) is 6.79 Å². The second-order valence-corrected chi connectivity index (χ2v) is 7.29. The summed E-state index contributed by atoms with van der Waals surface area (Å²) in [5.41, 5.74) is 1.12. The first-order chi connectivity index (χ1) is 10.2. The van der Waals surface area contributed by atoms with Crippen molar-refractivity contribution in [3.8, 4) is 11.5 Å². The molecular formula is C16H25NO3S. The molecule has 4 nitrogen and oxygen atoms in total. The maximum Gasteiger partial charge on any atom is 0.231 e. The third-order valence-electron chi connectivity index (χ3n) is 3.79. The van der Waals surface area contributed by atoms with E-state index in [1.807, 2.05) is 25.1 Å². The summed E-state index contributed by atoms with van der Waals surface area (Å²) in [7, 11) is -0.832.